The highest BCUT2D eigenvalue weighted by Gasteiger charge is 2.22. The molecule has 0 atom stereocenters. The van der Waals surface area contributed by atoms with Crippen molar-refractivity contribution in [2.75, 3.05) is 5.73 Å². The lowest BCUT2D eigenvalue weighted by molar-refractivity contribution is 0.103. The van der Waals surface area contributed by atoms with Gasteiger partial charge in [0.15, 0.2) is 11.6 Å². The van der Waals surface area contributed by atoms with E-state index in [1.165, 1.54) is 26.0 Å². The minimum absolute atomic E-state index is 0.0183. The van der Waals surface area contributed by atoms with E-state index in [1.54, 1.807) is 0 Å². The third kappa shape index (κ3) is 2.27. The van der Waals surface area contributed by atoms with Crippen molar-refractivity contribution in [3.63, 3.8) is 0 Å². The molecule has 5 heteroatoms. The molecule has 2 aromatic carbocycles. The molecular formula is C15H12F3NO. The van der Waals surface area contributed by atoms with Gasteiger partial charge in [-0.15, -0.1) is 0 Å². The molecule has 0 aliphatic heterocycles. The van der Waals surface area contributed by atoms with Gasteiger partial charge in [0.1, 0.15) is 11.6 Å². The fraction of sp³-hybridized carbons (Fsp3) is 0.133. The lowest BCUT2D eigenvalue weighted by Gasteiger charge is -2.09. The van der Waals surface area contributed by atoms with Gasteiger partial charge in [-0.25, -0.2) is 13.2 Å². The molecule has 0 saturated heterocycles. The van der Waals surface area contributed by atoms with Gasteiger partial charge in [0.2, 0.25) is 0 Å². The van der Waals surface area contributed by atoms with Crippen LogP contribution in [-0.2, 0) is 0 Å². The number of ketones is 1. The number of hydrogen-bond acceptors (Lipinski definition) is 2. The van der Waals surface area contributed by atoms with E-state index in [1.807, 2.05) is 0 Å². The molecule has 2 nitrogen and oxygen atoms in total. The number of benzene rings is 2. The first-order chi connectivity index (χ1) is 9.32. The van der Waals surface area contributed by atoms with Crippen LogP contribution in [0.25, 0.3) is 0 Å². The second-order valence-corrected chi connectivity index (χ2v) is 4.58. The zero-order chi connectivity index (χ0) is 15.0. The van der Waals surface area contributed by atoms with Crippen LogP contribution in [0.1, 0.15) is 27.0 Å². The molecule has 0 aliphatic rings. The molecule has 104 valence electrons. The first-order valence-corrected chi connectivity index (χ1v) is 5.88. The van der Waals surface area contributed by atoms with Crippen LogP contribution in [-0.4, -0.2) is 5.78 Å². The third-order valence-electron chi connectivity index (χ3n) is 3.05. The largest absolute Gasteiger partial charge is 0.396 e. The van der Waals surface area contributed by atoms with Gasteiger partial charge in [-0.1, -0.05) is 0 Å². The van der Waals surface area contributed by atoms with E-state index >= 15 is 0 Å². The highest BCUT2D eigenvalue weighted by atomic mass is 19.1. The van der Waals surface area contributed by atoms with Gasteiger partial charge >= 0.3 is 0 Å². The number of hydrogen-bond donors (Lipinski definition) is 1. The number of nitrogens with two attached hydrogens (primary N) is 1. The van der Waals surface area contributed by atoms with Crippen LogP contribution >= 0.6 is 0 Å². The Labute approximate surface area is 114 Å². The molecule has 2 aromatic rings. The SMILES string of the molecule is Cc1cc(C(=O)c2c(F)ccc(N)c2F)cc(C)c1F. The minimum Gasteiger partial charge on any atom is -0.396 e. The van der Waals surface area contributed by atoms with Crippen molar-refractivity contribution in [1.29, 1.82) is 0 Å². The predicted octanol–water partition coefficient (Wildman–Crippen LogP) is 3.53. The maximum atomic E-state index is 13.8. The standard InChI is InChI=1S/C15H12F3NO/c1-7-5-9(6-8(2)13(7)17)15(20)12-10(16)3-4-11(19)14(12)18/h3-6H,19H2,1-2H3. The van der Waals surface area contributed by atoms with Crippen molar-refractivity contribution in [3.05, 3.63) is 64.0 Å². The minimum atomic E-state index is -1.10. The summed E-state index contributed by atoms with van der Waals surface area (Å²) in [5.41, 5.74) is 4.78. The predicted molar refractivity (Wildman–Crippen MR) is 70.1 cm³/mol. The number of aryl methyl sites for hydroxylation is 2. The van der Waals surface area contributed by atoms with Gasteiger partial charge < -0.3 is 5.73 Å². The molecule has 0 spiro atoms. The topological polar surface area (TPSA) is 43.1 Å². The normalized spacial score (nSPS) is 10.7. The Morgan fingerprint density at radius 2 is 1.55 bits per heavy atom. The third-order valence-corrected chi connectivity index (χ3v) is 3.05. The molecule has 0 amide bonds. The molecule has 0 heterocycles. The number of anilines is 1. The quantitative estimate of drug-likeness (QED) is 0.675. The molecule has 2 N–H and O–H groups in total. The zero-order valence-corrected chi connectivity index (χ0v) is 10.9. The van der Waals surface area contributed by atoms with E-state index in [2.05, 4.69) is 0 Å². The van der Waals surface area contributed by atoms with Crippen LogP contribution in [0.4, 0.5) is 18.9 Å². The molecule has 20 heavy (non-hydrogen) atoms. The van der Waals surface area contributed by atoms with Crippen molar-refractivity contribution in [3.8, 4) is 0 Å². The van der Waals surface area contributed by atoms with E-state index in [0.29, 0.717) is 0 Å². The fourth-order valence-corrected chi connectivity index (χ4v) is 2.00. The molecule has 0 radical (unpaired) electrons. The van der Waals surface area contributed by atoms with Crippen LogP contribution < -0.4 is 5.73 Å². The van der Waals surface area contributed by atoms with Crippen LogP contribution in [0.5, 0.6) is 0 Å². The summed E-state index contributed by atoms with van der Waals surface area (Å²) >= 11 is 0. The van der Waals surface area contributed by atoms with E-state index in [-0.39, 0.29) is 22.4 Å². The molecule has 0 saturated carbocycles. The summed E-state index contributed by atoms with van der Waals surface area (Å²) in [7, 11) is 0. The van der Waals surface area contributed by atoms with Gasteiger partial charge in [0.25, 0.3) is 0 Å². The van der Waals surface area contributed by atoms with Crippen molar-refractivity contribution in [2.24, 2.45) is 0 Å². The Morgan fingerprint density at radius 1 is 1.00 bits per heavy atom. The second-order valence-electron chi connectivity index (χ2n) is 4.58. The van der Waals surface area contributed by atoms with Gasteiger partial charge in [0.05, 0.1) is 11.3 Å². The zero-order valence-electron chi connectivity index (χ0n) is 10.9. The van der Waals surface area contributed by atoms with Gasteiger partial charge in [-0.3, -0.25) is 4.79 Å². The van der Waals surface area contributed by atoms with Crippen molar-refractivity contribution in [1.82, 2.24) is 0 Å². The summed E-state index contributed by atoms with van der Waals surface area (Å²) in [6.07, 6.45) is 0. The molecular weight excluding hydrogens is 267 g/mol. The average Bonchev–Trinajstić information content (AvgIpc) is 2.40. The summed E-state index contributed by atoms with van der Waals surface area (Å²) < 4.78 is 41.0. The second kappa shape index (κ2) is 5.00. The van der Waals surface area contributed by atoms with Gasteiger partial charge in [-0.05, 0) is 49.2 Å². The van der Waals surface area contributed by atoms with Crippen LogP contribution in [0, 0.1) is 31.3 Å². The molecule has 0 aliphatic carbocycles. The maximum absolute atomic E-state index is 13.8. The fourth-order valence-electron chi connectivity index (χ4n) is 2.00. The molecule has 0 bridgehead atoms. The van der Waals surface area contributed by atoms with Gasteiger partial charge in [0, 0.05) is 5.56 Å². The van der Waals surface area contributed by atoms with Gasteiger partial charge in [-0.2, -0.15) is 0 Å². The summed E-state index contributed by atoms with van der Waals surface area (Å²) in [6.45, 7) is 2.95. The number of rotatable bonds is 2. The monoisotopic (exact) mass is 279 g/mol. The lowest BCUT2D eigenvalue weighted by atomic mass is 9.98. The first-order valence-electron chi connectivity index (χ1n) is 5.88. The van der Waals surface area contributed by atoms with Crippen LogP contribution in [0.15, 0.2) is 24.3 Å². The van der Waals surface area contributed by atoms with E-state index in [4.69, 9.17) is 5.73 Å². The maximum Gasteiger partial charge on any atom is 0.199 e. The number of carbonyl (C=O) groups is 1. The Morgan fingerprint density at radius 3 is 2.10 bits per heavy atom. The van der Waals surface area contributed by atoms with E-state index < -0.39 is 28.8 Å². The molecule has 0 unspecified atom stereocenters. The average molecular weight is 279 g/mol. The van der Waals surface area contributed by atoms with Crippen molar-refractivity contribution in [2.45, 2.75) is 13.8 Å². The Hall–Kier alpha value is -2.30. The molecule has 0 fully saturated rings. The summed E-state index contributed by atoms with van der Waals surface area (Å²) in [4.78, 5) is 12.2. The highest BCUT2D eigenvalue weighted by Crippen LogP contribution is 2.23. The van der Waals surface area contributed by atoms with Crippen LogP contribution in [0.3, 0.4) is 0 Å². The van der Waals surface area contributed by atoms with Crippen LogP contribution in [0.2, 0.25) is 0 Å². The molecule has 0 aromatic heterocycles. The Kier molecular flexibility index (Phi) is 3.53. The Bertz CT molecular complexity index is 688. The number of carbonyl (C=O) groups excluding carboxylic acids is 1. The summed E-state index contributed by atoms with van der Waals surface area (Å²) in [5.74, 6) is -3.41. The smallest absolute Gasteiger partial charge is 0.199 e. The Balaban J connectivity index is 2.61. The number of halogens is 3. The highest BCUT2D eigenvalue weighted by molar-refractivity contribution is 6.10. The lowest BCUT2D eigenvalue weighted by Crippen LogP contribution is -2.10. The molecule has 2 rings (SSSR count). The number of nitrogen functional groups attached to an aromatic ring is 1. The van der Waals surface area contributed by atoms with Crippen molar-refractivity contribution < 1.29 is 18.0 Å². The van der Waals surface area contributed by atoms with Crippen molar-refractivity contribution >= 4 is 11.5 Å². The van der Waals surface area contributed by atoms with E-state index in [0.717, 1.165) is 12.1 Å². The van der Waals surface area contributed by atoms with E-state index in [9.17, 15) is 18.0 Å². The first kappa shape index (κ1) is 14.1. The summed E-state index contributed by atoms with van der Waals surface area (Å²) in [6, 6.07) is 4.48. The summed E-state index contributed by atoms with van der Waals surface area (Å²) in [5, 5.41) is 0.